The van der Waals surface area contributed by atoms with Crippen molar-refractivity contribution in [3.8, 4) is 23.3 Å². The number of fused-ring (bicyclic) bond motifs is 17. The van der Waals surface area contributed by atoms with Gasteiger partial charge in [0, 0.05) is 82.8 Å². The molecule has 17 rings (SSSR count). The molecular formula is C76H84N8O16. The van der Waals surface area contributed by atoms with Crippen LogP contribution in [-0.4, -0.2) is 185 Å². The number of aliphatic hydroxyl groups excluding tert-OH is 6. The molecule has 4 aromatic rings. The number of allylic oxidation sites excluding steroid dienone is 2. The number of anilines is 1. The van der Waals surface area contributed by atoms with E-state index in [1.54, 1.807) is 12.1 Å². The van der Waals surface area contributed by atoms with E-state index in [-0.39, 0.29) is 109 Å². The smallest absolute Gasteiger partial charge is 0.242 e. The highest BCUT2D eigenvalue weighted by atomic mass is 16.7. The van der Waals surface area contributed by atoms with Crippen LogP contribution in [0.3, 0.4) is 0 Å². The summed E-state index contributed by atoms with van der Waals surface area (Å²) in [6.45, 7) is -1.99. The van der Waals surface area contributed by atoms with Crippen LogP contribution in [-0.2, 0) is 36.8 Å². The molecule has 0 radical (unpaired) electrons. The van der Waals surface area contributed by atoms with Gasteiger partial charge >= 0.3 is 0 Å². The molecule has 21 atom stereocenters. The van der Waals surface area contributed by atoms with Crippen molar-refractivity contribution >= 4 is 29.4 Å². The number of ketones is 2. The molecule has 100 heavy (non-hydrogen) atoms. The molecule has 1 saturated carbocycles. The maximum absolute atomic E-state index is 15.8. The fourth-order valence-electron chi connectivity index (χ4n) is 19.5. The summed E-state index contributed by atoms with van der Waals surface area (Å²) >= 11 is 0. The molecular weight excluding hydrogens is 1280 g/mol. The molecule has 5 aliphatic carbocycles. The lowest BCUT2D eigenvalue weighted by atomic mass is 9.53. The van der Waals surface area contributed by atoms with Gasteiger partial charge in [-0.1, -0.05) is 79.0 Å². The predicted octanol–water partition coefficient (Wildman–Crippen LogP) is 1.33. The fourth-order valence-corrected chi connectivity index (χ4v) is 19.5. The second kappa shape index (κ2) is 25.4. The molecule has 9 bridgehead atoms. The van der Waals surface area contributed by atoms with Crippen LogP contribution in [0.4, 0.5) is 5.69 Å². The second-order valence-corrected chi connectivity index (χ2v) is 29.5. The minimum Gasteiger partial charge on any atom is -0.486 e. The zero-order chi connectivity index (χ0) is 68.8. The van der Waals surface area contributed by atoms with E-state index in [0.717, 1.165) is 59.1 Å². The van der Waals surface area contributed by atoms with E-state index < -0.39 is 152 Å². The van der Waals surface area contributed by atoms with E-state index in [4.69, 9.17) is 35.2 Å². The zero-order valence-electron chi connectivity index (χ0n) is 55.1. The first kappa shape index (κ1) is 65.6. The van der Waals surface area contributed by atoms with Gasteiger partial charge in [0.25, 0.3) is 0 Å². The fraction of sp³-hybridized carbons (Fsp3) is 0.500. The standard InChI is InChI=1S/C76H84N8O16/c77-70-59-51(17-21-79-70)75-33-98-67-69(93)76(95)20-16-38(24-35-8-12-42(47(25-35)45(19-23-86)68(75)92)43-14-10-39-27-37-4-3-6-52(37)81-61(59)57(39)60(43)75)54(89)15-11-40-30-96-32-55(76)99-73(67)100-65-50(56(40)46-5-1-2-7-53(46)84-34-80-62-71(84)82-74(78)83-72(62)94)28-49-58(66(65)97-31-41(88)18-22-85)64(91)48-26-36(29-87)9-13-44(48)63(49)90/h1-2,5,7-10,12-14,17,22,25-26,28,37-41,43,45,52,54-56,61-62,67-69,71,73-74,79-82,86-89,92-93,95H,3-4,6,11,15,18-19,21,23-24,27,29-34,77-78H2,(H,83,94). The summed E-state index contributed by atoms with van der Waals surface area (Å²) in [5, 5.41) is 106. The molecule has 5 fully saturated rings. The van der Waals surface area contributed by atoms with Gasteiger partial charge < -0.3 is 90.8 Å². The number of benzene rings is 4. The van der Waals surface area contributed by atoms with Crippen molar-refractivity contribution in [3.63, 3.8) is 0 Å². The van der Waals surface area contributed by atoms with Gasteiger partial charge in [0.1, 0.15) is 55.5 Å². The average molecular weight is 1370 g/mol. The van der Waals surface area contributed by atoms with Crippen molar-refractivity contribution < 1.29 is 78.6 Å². The van der Waals surface area contributed by atoms with Crippen LogP contribution in [0.25, 0.3) is 0 Å². The van der Waals surface area contributed by atoms with Crippen LogP contribution in [0.5, 0.6) is 11.5 Å². The summed E-state index contributed by atoms with van der Waals surface area (Å²) in [6, 6.07) is 18.7. The highest BCUT2D eigenvalue weighted by Crippen LogP contribution is 2.65. The van der Waals surface area contributed by atoms with Gasteiger partial charge in [0.15, 0.2) is 28.7 Å². The molecule has 21 unspecified atom stereocenters. The minimum absolute atomic E-state index is 0.0272. The van der Waals surface area contributed by atoms with E-state index >= 15 is 9.59 Å². The number of ether oxygens (including phenoxy) is 5. The van der Waals surface area contributed by atoms with Crippen molar-refractivity contribution in [2.45, 2.75) is 161 Å². The van der Waals surface area contributed by atoms with Crippen LogP contribution >= 0.6 is 0 Å². The third kappa shape index (κ3) is 10.2. The van der Waals surface area contributed by atoms with Gasteiger partial charge in [-0.25, -0.2) is 0 Å². The lowest BCUT2D eigenvalue weighted by Gasteiger charge is -2.55. The monoisotopic (exact) mass is 1360 g/mol. The number of rotatable bonds is 10. The Morgan fingerprint density at radius 1 is 0.890 bits per heavy atom. The van der Waals surface area contributed by atoms with Gasteiger partial charge in [0.2, 0.25) is 12.2 Å². The van der Waals surface area contributed by atoms with Gasteiger partial charge in [-0.3, -0.25) is 30.8 Å². The van der Waals surface area contributed by atoms with Crippen LogP contribution < -0.4 is 52.4 Å². The van der Waals surface area contributed by atoms with Crippen LogP contribution in [0, 0.1) is 40.9 Å². The number of aldehydes is 1. The molecule has 1 spiro atoms. The van der Waals surface area contributed by atoms with E-state index in [2.05, 4.69) is 68.8 Å². The van der Waals surface area contributed by atoms with E-state index in [1.807, 2.05) is 35.2 Å². The van der Waals surface area contributed by atoms with Gasteiger partial charge in [0.05, 0.1) is 74.3 Å². The molecule has 24 heteroatoms. The lowest BCUT2D eigenvalue weighted by Crippen LogP contribution is -2.70. The summed E-state index contributed by atoms with van der Waals surface area (Å²) < 4.78 is 36.1. The van der Waals surface area contributed by atoms with E-state index in [0.29, 0.717) is 40.4 Å². The summed E-state index contributed by atoms with van der Waals surface area (Å²) in [5.74, 6) is 0.769. The molecule has 4 saturated heterocycles. The number of dihydropyridines is 1. The van der Waals surface area contributed by atoms with E-state index in [9.17, 15) is 45.3 Å². The first-order chi connectivity index (χ1) is 48.5. The Morgan fingerprint density at radius 2 is 1.75 bits per heavy atom. The minimum atomic E-state index is -2.59. The number of aliphatic hydroxyl groups is 7. The molecule has 1 amide bonds. The quantitative estimate of drug-likeness (QED) is 0.0533. The number of nitrogens with two attached hydrogens (primary N) is 2. The maximum atomic E-state index is 15.8. The molecule has 0 aromatic heterocycles. The molecule has 4 aromatic carbocycles. The number of carbonyl (C=O) groups is 4. The normalized spacial score (nSPS) is 36.8. The highest BCUT2D eigenvalue weighted by molar-refractivity contribution is 6.29. The third-order valence-corrected chi connectivity index (χ3v) is 24.2. The summed E-state index contributed by atoms with van der Waals surface area (Å²) in [6.07, 6.45) is -2.06. The summed E-state index contributed by atoms with van der Waals surface area (Å²) in [5.41, 5.74) is 16.7. The summed E-state index contributed by atoms with van der Waals surface area (Å²) in [7, 11) is 0. The second-order valence-electron chi connectivity index (χ2n) is 29.5. The van der Waals surface area contributed by atoms with E-state index in [1.165, 1.54) is 12.1 Å². The maximum Gasteiger partial charge on any atom is 0.242 e. The first-order valence-electron chi connectivity index (χ1n) is 35.4. The molecule has 16 N–H and O–H groups in total. The first-order valence-corrected chi connectivity index (χ1v) is 35.4. The number of hydrogen-bond acceptors (Lipinski definition) is 23. The number of amides is 1. The van der Waals surface area contributed by atoms with Crippen LogP contribution in [0.1, 0.15) is 134 Å². The van der Waals surface area contributed by atoms with Gasteiger partial charge in [-0.2, -0.15) is 0 Å². The largest absolute Gasteiger partial charge is 0.486 e. The Labute approximate surface area is 577 Å². The predicted molar refractivity (Wildman–Crippen MR) is 360 cm³/mol. The Bertz CT molecular complexity index is 4260. The van der Waals surface area contributed by atoms with Gasteiger partial charge in [-0.15, -0.1) is 0 Å². The van der Waals surface area contributed by atoms with Crippen molar-refractivity contribution in [3.05, 3.63) is 169 Å². The Kier molecular flexibility index (Phi) is 16.7. The van der Waals surface area contributed by atoms with Crippen molar-refractivity contribution in [1.29, 1.82) is 0 Å². The number of carbonyl (C=O) groups excluding carboxylic acids is 4. The third-order valence-electron chi connectivity index (χ3n) is 24.2. The molecule has 8 heterocycles. The summed E-state index contributed by atoms with van der Waals surface area (Å²) in [4.78, 5) is 59.4. The number of hydrogen-bond donors (Lipinski definition) is 14. The molecule has 8 aliphatic heterocycles. The Balaban J connectivity index is 0.937. The van der Waals surface area contributed by atoms with Crippen molar-refractivity contribution in [2.24, 2.45) is 40.6 Å². The molecule has 13 aliphatic rings. The molecule has 524 valence electrons. The Morgan fingerprint density at radius 3 is 2.59 bits per heavy atom. The number of para-hydroxylation sites is 1. The highest BCUT2D eigenvalue weighted by Gasteiger charge is 2.64. The lowest BCUT2D eigenvalue weighted by molar-refractivity contribution is -0.311. The van der Waals surface area contributed by atoms with Gasteiger partial charge in [-0.05, 0) is 126 Å². The average Bonchev–Trinajstić information content (AvgIpc) is 1.37. The topological polar surface area (TPSA) is 371 Å². The van der Waals surface area contributed by atoms with Crippen LogP contribution in [0.15, 0.2) is 113 Å². The molecule has 24 nitrogen and oxygen atoms in total. The zero-order valence-corrected chi connectivity index (χ0v) is 55.1. The van der Waals surface area contributed by atoms with Crippen molar-refractivity contribution in [2.75, 3.05) is 51.1 Å². The SMILES string of the molecule is NC1=C2C(=CCN1)C13COC4C5Oc6c(cc7c(c6OCC(O)CC=O)C(=O)c6cc(CO)ccc6C7=O)C(c6ccccc6N6CNC7C(=O)NC(N)NC76)C6CCC(O)C(C#CC(O)(C(COC6)O5)C4O)Cc4ccc(c(c4)C(CCO)C1O)C1C=CC4CC5CCCC5NC2C4=C13. The number of nitrogens with one attached hydrogen (secondary N) is 5. The number of nitrogens with zero attached hydrogens (tertiary/aromatic N) is 1. The Hall–Kier alpha value is -7.68. The van der Waals surface area contributed by atoms with Crippen LogP contribution in [0.2, 0.25) is 0 Å². The van der Waals surface area contributed by atoms with Crippen molar-refractivity contribution in [1.82, 2.24) is 26.6 Å².